The normalized spacial score (nSPS) is 10.9. The zero-order valence-electron chi connectivity index (χ0n) is 15.8. The Morgan fingerprint density at radius 2 is 1.84 bits per heavy atom. The van der Waals surface area contributed by atoms with Crippen LogP contribution >= 0.6 is 11.6 Å². The van der Waals surface area contributed by atoms with Gasteiger partial charge in [0.1, 0.15) is 11.6 Å². The van der Waals surface area contributed by atoms with Gasteiger partial charge in [0.25, 0.3) is 5.89 Å². The molecule has 0 N–H and O–H groups in total. The molecule has 0 aliphatic carbocycles. The summed E-state index contributed by atoms with van der Waals surface area (Å²) in [7, 11) is 0. The fraction of sp³-hybridized carbons (Fsp3) is 0.143. The van der Waals surface area contributed by atoms with E-state index in [1.165, 1.54) is 12.3 Å². The highest BCUT2D eigenvalue weighted by molar-refractivity contribution is 6.30. The number of aryl methyl sites for hydroxylation is 1. The standard InChI is InChI=1S/C21H14ClF2N3O4/c22-13-3-1-12(2-4-13)21-27-26-19(31-21)11-29-20(28)8-7-18-25-10-17(30-18)15-6-5-14(23)9-16(15)24/h1-6,9-10H,7-8,11H2. The molecular formula is C21H14ClF2N3O4. The van der Waals surface area contributed by atoms with Gasteiger partial charge in [-0.15, -0.1) is 10.2 Å². The molecule has 4 rings (SSSR count). The van der Waals surface area contributed by atoms with Crippen LogP contribution in [0.3, 0.4) is 0 Å². The Morgan fingerprint density at radius 1 is 1.03 bits per heavy atom. The molecule has 0 aliphatic rings. The molecule has 0 saturated carbocycles. The van der Waals surface area contributed by atoms with Crippen molar-refractivity contribution in [1.29, 1.82) is 0 Å². The average Bonchev–Trinajstić information content (AvgIpc) is 3.41. The van der Waals surface area contributed by atoms with Crippen LogP contribution in [0.5, 0.6) is 0 Å². The fourth-order valence-electron chi connectivity index (χ4n) is 2.68. The molecule has 4 aromatic rings. The Balaban J connectivity index is 1.28. The highest BCUT2D eigenvalue weighted by atomic mass is 35.5. The van der Waals surface area contributed by atoms with E-state index in [4.69, 9.17) is 25.2 Å². The molecule has 0 aliphatic heterocycles. The van der Waals surface area contributed by atoms with E-state index >= 15 is 0 Å². The lowest BCUT2D eigenvalue weighted by atomic mass is 10.2. The van der Waals surface area contributed by atoms with Crippen LogP contribution in [0.1, 0.15) is 18.2 Å². The molecule has 0 spiro atoms. The Morgan fingerprint density at radius 3 is 2.61 bits per heavy atom. The van der Waals surface area contributed by atoms with Crippen molar-refractivity contribution in [2.45, 2.75) is 19.4 Å². The van der Waals surface area contributed by atoms with Crippen LogP contribution in [-0.4, -0.2) is 21.2 Å². The van der Waals surface area contributed by atoms with Crippen LogP contribution in [0.15, 0.2) is 57.5 Å². The minimum Gasteiger partial charge on any atom is -0.456 e. The largest absolute Gasteiger partial charge is 0.456 e. The van der Waals surface area contributed by atoms with Crippen LogP contribution < -0.4 is 0 Å². The first-order valence-electron chi connectivity index (χ1n) is 9.12. The number of aromatic nitrogens is 3. The van der Waals surface area contributed by atoms with E-state index in [1.54, 1.807) is 24.3 Å². The minimum atomic E-state index is -0.764. The summed E-state index contributed by atoms with van der Waals surface area (Å²) in [5.41, 5.74) is 0.766. The van der Waals surface area contributed by atoms with Gasteiger partial charge in [-0.2, -0.15) is 0 Å². The Labute approximate surface area is 179 Å². The van der Waals surface area contributed by atoms with Gasteiger partial charge in [0, 0.05) is 23.1 Å². The zero-order chi connectivity index (χ0) is 21.8. The molecule has 0 amide bonds. The molecule has 31 heavy (non-hydrogen) atoms. The van der Waals surface area contributed by atoms with Gasteiger partial charge >= 0.3 is 5.97 Å². The molecule has 2 aromatic carbocycles. The van der Waals surface area contributed by atoms with Crippen LogP contribution in [-0.2, 0) is 22.6 Å². The maximum atomic E-state index is 13.8. The number of hydrogen-bond acceptors (Lipinski definition) is 7. The summed E-state index contributed by atoms with van der Waals surface area (Å²) in [5.74, 6) is -1.20. The highest BCUT2D eigenvalue weighted by Gasteiger charge is 2.15. The second-order valence-electron chi connectivity index (χ2n) is 6.41. The van der Waals surface area contributed by atoms with Gasteiger partial charge in [-0.25, -0.2) is 13.8 Å². The second kappa shape index (κ2) is 9.05. The number of benzene rings is 2. The summed E-state index contributed by atoms with van der Waals surface area (Å²) in [6, 6.07) is 9.98. The lowest BCUT2D eigenvalue weighted by Gasteiger charge is -2.01. The fourth-order valence-corrected chi connectivity index (χ4v) is 2.81. The average molecular weight is 446 g/mol. The third-order valence-corrected chi connectivity index (χ3v) is 4.46. The maximum Gasteiger partial charge on any atom is 0.306 e. The number of oxazole rings is 1. The molecule has 0 radical (unpaired) electrons. The van der Waals surface area contributed by atoms with Crippen molar-refractivity contribution in [3.8, 4) is 22.8 Å². The molecule has 7 nitrogen and oxygen atoms in total. The van der Waals surface area contributed by atoms with E-state index in [1.807, 2.05) is 0 Å². The molecule has 158 valence electrons. The SMILES string of the molecule is O=C(CCc1ncc(-c2ccc(F)cc2F)o1)OCc1nnc(-c2ccc(Cl)cc2)o1. The van der Waals surface area contributed by atoms with Gasteiger partial charge in [0.05, 0.1) is 18.2 Å². The van der Waals surface area contributed by atoms with Crippen molar-refractivity contribution in [2.24, 2.45) is 0 Å². The van der Waals surface area contributed by atoms with E-state index < -0.39 is 17.6 Å². The number of halogens is 3. The monoisotopic (exact) mass is 445 g/mol. The molecule has 2 aromatic heterocycles. The predicted molar refractivity (Wildman–Crippen MR) is 105 cm³/mol. The molecule has 0 unspecified atom stereocenters. The molecule has 0 bridgehead atoms. The van der Waals surface area contributed by atoms with Crippen molar-refractivity contribution in [3.05, 3.63) is 77.1 Å². The quantitative estimate of drug-likeness (QED) is 0.370. The number of carbonyl (C=O) groups excluding carboxylic acids is 1. The molecule has 2 heterocycles. The summed E-state index contributed by atoms with van der Waals surface area (Å²) in [6.45, 7) is -0.183. The van der Waals surface area contributed by atoms with Gasteiger partial charge in [-0.3, -0.25) is 4.79 Å². The van der Waals surface area contributed by atoms with Gasteiger partial charge < -0.3 is 13.6 Å². The first kappa shape index (κ1) is 20.7. The van der Waals surface area contributed by atoms with Gasteiger partial charge in [0.15, 0.2) is 18.3 Å². The third kappa shape index (κ3) is 5.13. The topological polar surface area (TPSA) is 91.2 Å². The van der Waals surface area contributed by atoms with Crippen molar-refractivity contribution in [3.63, 3.8) is 0 Å². The number of esters is 1. The minimum absolute atomic E-state index is 0.0238. The Hall–Kier alpha value is -3.59. The van der Waals surface area contributed by atoms with Crippen LogP contribution in [0.4, 0.5) is 8.78 Å². The summed E-state index contributed by atoms with van der Waals surface area (Å²) in [5, 5.41) is 8.32. The Kier molecular flexibility index (Phi) is 6.03. The number of carbonyl (C=O) groups is 1. The molecule has 0 atom stereocenters. The zero-order valence-corrected chi connectivity index (χ0v) is 16.6. The van der Waals surface area contributed by atoms with Crippen LogP contribution in [0.25, 0.3) is 22.8 Å². The number of rotatable bonds is 7. The van der Waals surface area contributed by atoms with Gasteiger partial charge in [0.2, 0.25) is 5.89 Å². The molecule has 0 fully saturated rings. The van der Waals surface area contributed by atoms with Crippen molar-refractivity contribution in [1.82, 2.24) is 15.2 Å². The first-order chi connectivity index (χ1) is 15.0. The van der Waals surface area contributed by atoms with Crippen LogP contribution in [0.2, 0.25) is 5.02 Å². The molecular weight excluding hydrogens is 432 g/mol. The lowest BCUT2D eigenvalue weighted by molar-refractivity contribution is -0.145. The summed E-state index contributed by atoms with van der Waals surface area (Å²) in [4.78, 5) is 16.0. The summed E-state index contributed by atoms with van der Waals surface area (Å²) in [6.07, 6.45) is 1.43. The van der Waals surface area contributed by atoms with Crippen molar-refractivity contribution >= 4 is 17.6 Å². The van der Waals surface area contributed by atoms with E-state index in [-0.39, 0.29) is 48.4 Å². The second-order valence-corrected chi connectivity index (χ2v) is 6.85. The summed E-state index contributed by atoms with van der Waals surface area (Å²) >= 11 is 5.84. The van der Waals surface area contributed by atoms with E-state index in [0.717, 1.165) is 12.1 Å². The third-order valence-electron chi connectivity index (χ3n) is 4.21. The van der Waals surface area contributed by atoms with Gasteiger partial charge in [-0.1, -0.05) is 11.6 Å². The van der Waals surface area contributed by atoms with Crippen LogP contribution in [0, 0.1) is 11.6 Å². The van der Waals surface area contributed by atoms with E-state index in [2.05, 4.69) is 15.2 Å². The molecule has 10 heteroatoms. The lowest BCUT2D eigenvalue weighted by Crippen LogP contribution is -2.06. The van der Waals surface area contributed by atoms with E-state index in [0.29, 0.717) is 10.6 Å². The smallest absolute Gasteiger partial charge is 0.306 e. The van der Waals surface area contributed by atoms with Crippen molar-refractivity contribution in [2.75, 3.05) is 0 Å². The number of nitrogens with zero attached hydrogens (tertiary/aromatic N) is 3. The summed E-state index contributed by atoms with van der Waals surface area (Å²) < 4.78 is 42.8. The van der Waals surface area contributed by atoms with Crippen molar-refractivity contribution < 1.29 is 27.1 Å². The number of ether oxygens (including phenoxy) is 1. The van der Waals surface area contributed by atoms with E-state index in [9.17, 15) is 13.6 Å². The first-order valence-corrected chi connectivity index (χ1v) is 9.50. The predicted octanol–water partition coefficient (Wildman–Crippen LogP) is 5.00. The number of hydrogen-bond donors (Lipinski definition) is 0. The highest BCUT2D eigenvalue weighted by Crippen LogP contribution is 2.25. The Bertz CT molecular complexity index is 1210. The maximum absolute atomic E-state index is 13.8. The van der Waals surface area contributed by atoms with Gasteiger partial charge in [-0.05, 0) is 36.4 Å². The molecule has 0 saturated heterocycles.